The summed E-state index contributed by atoms with van der Waals surface area (Å²) in [5.41, 5.74) is 0.912. The lowest BCUT2D eigenvalue weighted by atomic mass is 10.1. The van der Waals surface area contributed by atoms with E-state index in [1.54, 1.807) is 6.08 Å². The normalized spacial score (nSPS) is 9.89. The third kappa shape index (κ3) is 13.3. The fourth-order valence-electron chi connectivity index (χ4n) is 2.06. The van der Waals surface area contributed by atoms with Crippen molar-refractivity contribution in [1.82, 2.24) is 0 Å². The van der Waals surface area contributed by atoms with Gasteiger partial charge < -0.3 is 14.2 Å². The van der Waals surface area contributed by atoms with Gasteiger partial charge in [0.05, 0.1) is 20.3 Å². The maximum atomic E-state index is 11.0. The molecule has 1 rings (SSSR count). The van der Waals surface area contributed by atoms with Gasteiger partial charge in [-0.1, -0.05) is 51.8 Å². The molecule has 0 fully saturated rings. The summed E-state index contributed by atoms with van der Waals surface area (Å²) in [5, 5.41) is 0. The van der Waals surface area contributed by atoms with Crippen molar-refractivity contribution >= 4 is 18.0 Å². The van der Waals surface area contributed by atoms with E-state index < -0.39 is 0 Å². The maximum Gasteiger partial charge on any atom is 0.330 e. The molecule has 0 aliphatic rings. The average Bonchev–Trinajstić information content (AvgIpc) is 2.72. The van der Waals surface area contributed by atoms with Crippen molar-refractivity contribution in [3.05, 3.63) is 48.6 Å². The van der Waals surface area contributed by atoms with Crippen molar-refractivity contribution in [2.24, 2.45) is 0 Å². The number of methoxy groups -OCH3 is 1. The molecule has 0 saturated carbocycles. The molecule has 0 heterocycles. The summed E-state index contributed by atoms with van der Waals surface area (Å²) < 4.78 is 15.1. The molecule has 0 bridgehead atoms. The first-order valence-corrected chi connectivity index (χ1v) is 9.44. The van der Waals surface area contributed by atoms with Gasteiger partial charge in [0, 0.05) is 12.2 Å². The molecule has 27 heavy (non-hydrogen) atoms. The van der Waals surface area contributed by atoms with E-state index in [1.807, 2.05) is 38.1 Å². The molecule has 1 aromatic rings. The van der Waals surface area contributed by atoms with Crippen LogP contribution in [-0.2, 0) is 19.1 Å². The highest BCUT2D eigenvalue weighted by Gasteiger charge is 1.97. The summed E-state index contributed by atoms with van der Waals surface area (Å²) in [6.07, 6.45) is 9.32. The fourth-order valence-corrected chi connectivity index (χ4v) is 2.06. The van der Waals surface area contributed by atoms with Crippen LogP contribution in [0.15, 0.2) is 43.0 Å². The van der Waals surface area contributed by atoms with E-state index in [1.165, 1.54) is 19.3 Å². The third-order valence-corrected chi connectivity index (χ3v) is 3.46. The SMILES string of the molecule is C=CC(=O)OCCCCCCCOc1ccc(/C=C/C(=O)OC)cc1.CC. The van der Waals surface area contributed by atoms with Gasteiger partial charge in [-0.05, 0) is 36.6 Å². The fraction of sp³-hybridized carbons (Fsp3) is 0.455. The molecule has 5 nitrogen and oxygen atoms in total. The number of carbonyl (C=O) groups is 2. The lowest BCUT2D eigenvalue weighted by molar-refractivity contribution is -0.138. The van der Waals surface area contributed by atoms with Gasteiger partial charge in [-0.3, -0.25) is 0 Å². The minimum Gasteiger partial charge on any atom is -0.494 e. The van der Waals surface area contributed by atoms with Gasteiger partial charge in [0.25, 0.3) is 0 Å². The minimum absolute atomic E-state index is 0.361. The summed E-state index contributed by atoms with van der Waals surface area (Å²) in [6, 6.07) is 7.54. The Hall–Kier alpha value is -2.56. The molecule has 0 amide bonds. The second-order valence-corrected chi connectivity index (χ2v) is 5.41. The van der Waals surface area contributed by atoms with Crippen molar-refractivity contribution in [2.45, 2.75) is 46.0 Å². The van der Waals surface area contributed by atoms with Gasteiger partial charge in [-0.25, -0.2) is 9.59 Å². The molecular formula is C22H32O5. The van der Waals surface area contributed by atoms with Gasteiger partial charge in [0.15, 0.2) is 0 Å². The molecule has 0 aromatic heterocycles. The van der Waals surface area contributed by atoms with E-state index in [-0.39, 0.29) is 11.9 Å². The zero-order valence-corrected chi connectivity index (χ0v) is 16.7. The minimum atomic E-state index is -0.376. The van der Waals surface area contributed by atoms with E-state index in [0.29, 0.717) is 13.2 Å². The molecule has 0 spiro atoms. The van der Waals surface area contributed by atoms with E-state index in [9.17, 15) is 9.59 Å². The van der Waals surface area contributed by atoms with Gasteiger partial charge in [-0.2, -0.15) is 0 Å². The number of benzene rings is 1. The van der Waals surface area contributed by atoms with Crippen molar-refractivity contribution in [1.29, 1.82) is 0 Å². The first-order valence-electron chi connectivity index (χ1n) is 9.44. The Bertz CT molecular complexity index is 561. The summed E-state index contributed by atoms with van der Waals surface area (Å²) in [4.78, 5) is 21.9. The number of hydrogen-bond acceptors (Lipinski definition) is 5. The van der Waals surface area contributed by atoms with Crippen molar-refractivity contribution in [2.75, 3.05) is 20.3 Å². The number of unbranched alkanes of at least 4 members (excludes halogenated alkanes) is 4. The Morgan fingerprint density at radius 3 is 2.11 bits per heavy atom. The Balaban J connectivity index is 0.00000326. The number of carbonyl (C=O) groups excluding carboxylic acids is 2. The van der Waals surface area contributed by atoms with Crippen molar-refractivity contribution in [3.63, 3.8) is 0 Å². The van der Waals surface area contributed by atoms with Crippen LogP contribution in [0.25, 0.3) is 6.08 Å². The van der Waals surface area contributed by atoms with Crippen molar-refractivity contribution in [3.8, 4) is 5.75 Å². The van der Waals surface area contributed by atoms with Crippen LogP contribution >= 0.6 is 0 Å². The first kappa shape index (κ1) is 24.4. The van der Waals surface area contributed by atoms with Crippen LogP contribution in [0.3, 0.4) is 0 Å². The topological polar surface area (TPSA) is 61.8 Å². The van der Waals surface area contributed by atoms with Crippen LogP contribution in [-0.4, -0.2) is 32.3 Å². The zero-order chi connectivity index (χ0) is 20.3. The first-order chi connectivity index (χ1) is 13.2. The van der Waals surface area contributed by atoms with Gasteiger partial charge >= 0.3 is 11.9 Å². The van der Waals surface area contributed by atoms with Crippen LogP contribution in [0, 0.1) is 0 Å². The molecular weight excluding hydrogens is 344 g/mol. The van der Waals surface area contributed by atoms with Gasteiger partial charge in [-0.15, -0.1) is 0 Å². The monoisotopic (exact) mass is 376 g/mol. The molecule has 0 atom stereocenters. The highest BCUT2D eigenvalue weighted by molar-refractivity contribution is 5.86. The summed E-state index contributed by atoms with van der Waals surface area (Å²) >= 11 is 0. The molecule has 150 valence electrons. The molecule has 1 aromatic carbocycles. The quantitative estimate of drug-likeness (QED) is 0.293. The lowest BCUT2D eigenvalue weighted by Crippen LogP contribution is -2.01. The van der Waals surface area contributed by atoms with Crippen molar-refractivity contribution < 1.29 is 23.8 Å². The number of rotatable bonds is 12. The average molecular weight is 376 g/mol. The highest BCUT2D eigenvalue weighted by atomic mass is 16.5. The van der Waals surface area contributed by atoms with E-state index >= 15 is 0 Å². The van der Waals surface area contributed by atoms with E-state index in [4.69, 9.17) is 9.47 Å². The zero-order valence-electron chi connectivity index (χ0n) is 16.7. The Morgan fingerprint density at radius 2 is 1.52 bits per heavy atom. The lowest BCUT2D eigenvalue weighted by Gasteiger charge is -2.06. The third-order valence-electron chi connectivity index (χ3n) is 3.46. The van der Waals surface area contributed by atoms with Crippen LogP contribution in [0.1, 0.15) is 51.5 Å². The van der Waals surface area contributed by atoms with Crippen LogP contribution in [0.4, 0.5) is 0 Å². The Labute approximate surface area is 163 Å². The summed E-state index contributed by atoms with van der Waals surface area (Å²) in [6.45, 7) is 8.47. The second kappa shape index (κ2) is 16.9. The van der Waals surface area contributed by atoms with Crippen LogP contribution < -0.4 is 4.74 Å². The second-order valence-electron chi connectivity index (χ2n) is 5.41. The van der Waals surface area contributed by atoms with Gasteiger partial charge in [0.2, 0.25) is 0 Å². The molecule has 0 aliphatic heterocycles. The summed E-state index contributed by atoms with van der Waals surface area (Å²) in [5.74, 6) is 0.0750. The predicted octanol–water partition coefficient (Wildman–Crippen LogP) is 4.96. The van der Waals surface area contributed by atoms with Gasteiger partial charge in [0.1, 0.15) is 5.75 Å². The standard InChI is InChI=1S/C20H26O5.C2H6/c1-3-19(21)25-16-8-6-4-5-7-15-24-18-12-9-17(10-13-18)11-14-20(22)23-2;1-2/h3,9-14H,1,4-8,15-16H2,2H3;1-2H3/b14-11+;. The molecule has 0 saturated heterocycles. The number of hydrogen-bond donors (Lipinski definition) is 0. The number of esters is 2. The molecule has 0 N–H and O–H groups in total. The molecule has 0 unspecified atom stereocenters. The predicted molar refractivity (Wildman–Crippen MR) is 109 cm³/mol. The largest absolute Gasteiger partial charge is 0.494 e. The Kier molecular flexibility index (Phi) is 15.3. The maximum absolute atomic E-state index is 11.0. The van der Waals surface area contributed by atoms with E-state index in [0.717, 1.165) is 43.4 Å². The Morgan fingerprint density at radius 1 is 0.926 bits per heavy atom. The van der Waals surface area contributed by atoms with Crippen LogP contribution in [0.2, 0.25) is 0 Å². The number of ether oxygens (including phenoxy) is 3. The molecule has 0 radical (unpaired) electrons. The van der Waals surface area contributed by atoms with E-state index in [2.05, 4.69) is 11.3 Å². The summed E-state index contributed by atoms with van der Waals surface area (Å²) in [7, 11) is 1.35. The molecule has 0 aliphatic carbocycles. The molecule has 5 heteroatoms. The smallest absolute Gasteiger partial charge is 0.330 e. The highest BCUT2D eigenvalue weighted by Crippen LogP contribution is 2.14. The van der Waals surface area contributed by atoms with Crippen LogP contribution in [0.5, 0.6) is 5.75 Å².